The number of hydrogen-bond acceptors (Lipinski definition) is 3. The Balaban J connectivity index is 1.85. The Labute approximate surface area is 207 Å². The zero-order chi connectivity index (χ0) is 25.6. The van der Waals surface area contributed by atoms with Gasteiger partial charge in [0.05, 0.1) is 11.4 Å². The molecular weight excluding hydrogens is 443 g/mol. The first-order valence-corrected chi connectivity index (χ1v) is 12.1. The second-order valence-electron chi connectivity index (χ2n) is 9.90. The van der Waals surface area contributed by atoms with E-state index in [4.69, 9.17) is 5.10 Å². The molecule has 0 saturated carbocycles. The zero-order valence-corrected chi connectivity index (χ0v) is 21.3. The molecule has 1 N–H and O–H groups in total. The molecule has 1 aromatic heterocycles. The van der Waals surface area contributed by atoms with E-state index in [0.29, 0.717) is 17.9 Å². The Kier molecular flexibility index (Phi) is 8.43. The molecular formula is C28H35FN4O2. The number of aryl methyl sites for hydroxylation is 1. The van der Waals surface area contributed by atoms with Gasteiger partial charge in [-0.15, -0.1) is 0 Å². The SMILES string of the molecule is CCCCCN(CC(=O)Nc1cc(C(C)(C)C)nn1-c1cccc(C)c1)C(=O)c1ccc(F)cc1. The second kappa shape index (κ2) is 11.3. The van der Waals surface area contributed by atoms with Crippen LogP contribution in [-0.4, -0.2) is 39.6 Å². The lowest BCUT2D eigenvalue weighted by Crippen LogP contribution is -2.39. The van der Waals surface area contributed by atoms with E-state index in [-0.39, 0.29) is 23.8 Å². The second-order valence-corrected chi connectivity index (χ2v) is 9.90. The molecule has 0 aliphatic rings. The van der Waals surface area contributed by atoms with E-state index in [1.54, 1.807) is 4.68 Å². The van der Waals surface area contributed by atoms with Gasteiger partial charge in [-0.05, 0) is 55.3 Å². The van der Waals surface area contributed by atoms with Crippen molar-refractivity contribution >= 4 is 17.6 Å². The number of amides is 2. The molecule has 3 rings (SSSR count). The van der Waals surface area contributed by atoms with E-state index in [1.807, 2.05) is 37.3 Å². The molecule has 0 unspecified atom stereocenters. The smallest absolute Gasteiger partial charge is 0.254 e. The highest BCUT2D eigenvalue weighted by molar-refractivity contribution is 5.99. The first-order valence-electron chi connectivity index (χ1n) is 12.1. The Morgan fingerprint density at radius 2 is 1.77 bits per heavy atom. The molecule has 0 fully saturated rings. The number of nitrogens with zero attached hydrogens (tertiary/aromatic N) is 3. The molecule has 3 aromatic rings. The first-order chi connectivity index (χ1) is 16.6. The van der Waals surface area contributed by atoms with Gasteiger partial charge in [-0.3, -0.25) is 9.59 Å². The number of rotatable bonds is 9. The van der Waals surface area contributed by atoms with Crippen LogP contribution >= 0.6 is 0 Å². The van der Waals surface area contributed by atoms with Crippen LogP contribution in [0.25, 0.3) is 5.69 Å². The number of carbonyl (C=O) groups is 2. The predicted molar refractivity (Wildman–Crippen MR) is 137 cm³/mol. The van der Waals surface area contributed by atoms with Gasteiger partial charge in [-0.2, -0.15) is 5.10 Å². The maximum Gasteiger partial charge on any atom is 0.254 e. The van der Waals surface area contributed by atoms with Gasteiger partial charge < -0.3 is 10.2 Å². The average molecular weight is 479 g/mol. The highest BCUT2D eigenvalue weighted by Gasteiger charge is 2.23. The minimum absolute atomic E-state index is 0.107. The number of anilines is 1. The Morgan fingerprint density at radius 3 is 2.40 bits per heavy atom. The zero-order valence-electron chi connectivity index (χ0n) is 21.3. The van der Waals surface area contributed by atoms with Crippen LogP contribution in [0.1, 0.15) is 68.6 Å². The van der Waals surface area contributed by atoms with Gasteiger partial charge in [0.1, 0.15) is 18.2 Å². The molecule has 0 saturated heterocycles. The molecule has 1 heterocycles. The number of halogens is 1. The highest BCUT2D eigenvalue weighted by atomic mass is 19.1. The number of nitrogens with one attached hydrogen (secondary N) is 1. The van der Waals surface area contributed by atoms with Crippen LogP contribution in [0.5, 0.6) is 0 Å². The third kappa shape index (κ3) is 7.01. The first kappa shape index (κ1) is 26.1. The number of benzene rings is 2. The van der Waals surface area contributed by atoms with E-state index in [2.05, 4.69) is 33.0 Å². The van der Waals surface area contributed by atoms with Crippen LogP contribution in [0.3, 0.4) is 0 Å². The van der Waals surface area contributed by atoms with Gasteiger partial charge in [-0.25, -0.2) is 9.07 Å². The van der Waals surface area contributed by atoms with E-state index >= 15 is 0 Å². The number of aromatic nitrogens is 2. The lowest BCUT2D eigenvalue weighted by molar-refractivity contribution is -0.117. The Hall–Kier alpha value is -3.48. The summed E-state index contributed by atoms with van der Waals surface area (Å²) in [6.07, 6.45) is 2.73. The van der Waals surface area contributed by atoms with E-state index < -0.39 is 5.82 Å². The summed E-state index contributed by atoms with van der Waals surface area (Å²) in [5.41, 5.74) is 2.92. The molecule has 0 aliphatic carbocycles. The van der Waals surface area contributed by atoms with Crippen molar-refractivity contribution in [2.75, 3.05) is 18.4 Å². The molecule has 0 atom stereocenters. The molecule has 35 heavy (non-hydrogen) atoms. The van der Waals surface area contributed by atoms with E-state index in [1.165, 1.54) is 29.2 Å². The van der Waals surface area contributed by atoms with Crippen LogP contribution in [0.2, 0.25) is 0 Å². The summed E-state index contributed by atoms with van der Waals surface area (Å²) in [5.74, 6) is -0.464. The van der Waals surface area contributed by atoms with Crippen molar-refractivity contribution in [3.05, 3.63) is 77.2 Å². The quantitative estimate of drug-likeness (QED) is 0.390. The normalized spacial score (nSPS) is 11.4. The van der Waals surface area contributed by atoms with Gasteiger partial charge >= 0.3 is 0 Å². The van der Waals surface area contributed by atoms with Crippen molar-refractivity contribution in [1.29, 1.82) is 0 Å². The summed E-state index contributed by atoms with van der Waals surface area (Å²) >= 11 is 0. The predicted octanol–water partition coefficient (Wildman–Crippen LogP) is 5.89. The fourth-order valence-electron chi connectivity index (χ4n) is 3.73. The van der Waals surface area contributed by atoms with Crippen LogP contribution in [-0.2, 0) is 10.2 Å². The standard InChI is InChI=1S/C28H35FN4O2/c1-6-7-8-16-32(27(35)21-12-14-22(29)15-13-21)19-26(34)30-25-18-24(28(3,4)5)31-33(25)23-11-9-10-20(2)17-23/h9-15,17-18H,6-8,16,19H2,1-5H3,(H,30,34). The van der Waals surface area contributed by atoms with Gasteiger partial charge in [-0.1, -0.05) is 52.7 Å². The molecule has 0 spiro atoms. The molecule has 6 nitrogen and oxygen atoms in total. The van der Waals surface area contributed by atoms with Crippen molar-refractivity contribution < 1.29 is 14.0 Å². The molecule has 0 radical (unpaired) electrons. The average Bonchev–Trinajstić information content (AvgIpc) is 3.23. The van der Waals surface area contributed by atoms with Gasteiger partial charge in [0, 0.05) is 23.6 Å². The summed E-state index contributed by atoms with van der Waals surface area (Å²) in [7, 11) is 0. The summed E-state index contributed by atoms with van der Waals surface area (Å²) < 4.78 is 15.1. The largest absolute Gasteiger partial charge is 0.329 e. The van der Waals surface area contributed by atoms with E-state index in [0.717, 1.165) is 36.2 Å². The van der Waals surface area contributed by atoms with Crippen molar-refractivity contribution in [3.8, 4) is 5.69 Å². The lowest BCUT2D eigenvalue weighted by atomic mass is 9.92. The van der Waals surface area contributed by atoms with Gasteiger partial charge in [0.2, 0.25) is 5.91 Å². The topological polar surface area (TPSA) is 67.2 Å². The van der Waals surface area contributed by atoms with Crippen LogP contribution < -0.4 is 5.32 Å². The minimum Gasteiger partial charge on any atom is -0.329 e. The van der Waals surface area contributed by atoms with Gasteiger partial charge in [0.15, 0.2) is 0 Å². The van der Waals surface area contributed by atoms with Crippen molar-refractivity contribution in [1.82, 2.24) is 14.7 Å². The highest BCUT2D eigenvalue weighted by Crippen LogP contribution is 2.26. The van der Waals surface area contributed by atoms with Crippen molar-refractivity contribution in [2.45, 2.75) is 59.3 Å². The van der Waals surface area contributed by atoms with E-state index in [9.17, 15) is 14.0 Å². The maximum atomic E-state index is 13.3. The number of unbranched alkanes of at least 4 members (excludes halogenated alkanes) is 2. The van der Waals surface area contributed by atoms with Crippen molar-refractivity contribution in [2.24, 2.45) is 0 Å². The summed E-state index contributed by atoms with van der Waals surface area (Å²) in [5, 5.41) is 7.73. The Bertz CT molecular complexity index is 1160. The molecule has 2 aromatic carbocycles. The lowest BCUT2D eigenvalue weighted by Gasteiger charge is -2.22. The van der Waals surface area contributed by atoms with Crippen LogP contribution in [0, 0.1) is 12.7 Å². The third-order valence-corrected chi connectivity index (χ3v) is 5.74. The van der Waals surface area contributed by atoms with Gasteiger partial charge in [0.25, 0.3) is 5.91 Å². The number of hydrogen-bond donors (Lipinski definition) is 1. The molecule has 0 bridgehead atoms. The summed E-state index contributed by atoms with van der Waals surface area (Å²) in [6.45, 7) is 10.6. The molecule has 0 aliphatic heterocycles. The Morgan fingerprint density at radius 1 is 1.06 bits per heavy atom. The fourth-order valence-corrected chi connectivity index (χ4v) is 3.73. The summed E-state index contributed by atoms with van der Waals surface area (Å²) in [4.78, 5) is 27.8. The summed E-state index contributed by atoms with van der Waals surface area (Å²) in [6, 6.07) is 15.2. The van der Waals surface area contributed by atoms with Crippen molar-refractivity contribution in [3.63, 3.8) is 0 Å². The number of carbonyl (C=O) groups excluding carboxylic acids is 2. The maximum absolute atomic E-state index is 13.3. The third-order valence-electron chi connectivity index (χ3n) is 5.74. The molecule has 7 heteroatoms. The monoisotopic (exact) mass is 478 g/mol. The molecule has 2 amide bonds. The van der Waals surface area contributed by atoms with Crippen LogP contribution in [0.15, 0.2) is 54.6 Å². The fraction of sp³-hybridized carbons (Fsp3) is 0.393. The molecule has 186 valence electrons. The minimum atomic E-state index is -0.407. The van der Waals surface area contributed by atoms with Crippen LogP contribution in [0.4, 0.5) is 10.2 Å².